The number of β-lactam (4-membered cyclic amide) rings is 1. The number of fused-ring (bicyclic) bond motifs is 1. The molecule has 2 rings (SSSR count). The van der Waals surface area contributed by atoms with E-state index in [4.69, 9.17) is 5.73 Å². The molecule has 2 heterocycles. The zero-order valence-electron chi connectivity index (χ0n) is 9.62. The van der Waals surface area contributed by atoms with Crippen LogP contribution in [0.5, 0.6) is 0 Å². The van der Waals surface area contributed by atoms with Crippen LogP contribution in [0.25, 0.3) is 0 Å². The molecule has 0 aromatic rings. The molecule has 1 fully saturated rings. The summed E-state index contributed by atoms with van der Waals surface area (Å²) in [5.74, 6) is -1.44. The number of nitrogens with two attached hydrogens (primary N) is 1. The summed E-state index contributed by atoms with van der Waals surface area (Å²) in [6.45, 7) is -0.412. The van der Waals surface area contributed by atoms with Crippen LogP contribution in [0.3, 0.4) is 0 Å². The summed E-state index contributed by atoms with van der Waals surface area (Å²) in [4.78, 5) is 34.2. The van der Waals surface area contributed by atoms with Gasteiger partial charge in [0, 0.05) is 6.20 Å². The molecule has 0 saturated carbocycles. The van der Waals surface area contributed by atoms with E-state index in [2.05, 4.69) is 4.74 Å². The zero-order valence-corrected chi connectivity index (χ0v) is 12.4. The third-order valence-electron chi connectivity index (χ3n) is 2.57. The van der Waals surface area contributed by atoms with Gasteiger partial charge in [0.15, 0.2) is 0 Å². The van der Waals surface area contributed by atoms with Crippen molar-refractivity contribution >= 4 is 29.7 Å². The number of aliphatic carboxylic acids is 1. The van der Waals surface area contributed by atoms with E-state index < -0.39 is 23.4 Å². The van der Waals surface area contributed by atoms with E-state index in [1.54, 1.807) is 0 Å². The van der Waals surface area contributed by atoms with Gasteiger partial charge in [-0.3, -0.25) is 4.79 Å². The topological polar surface area (TPSA) is 113 Å². The third-order valence-corrected chi connectivity index (χ3v) is 4.08. The number of carboxylic acid groups (broad SMARTS) is 1. The van der Waals surface area contributed by atoms with Crippen LogP contribution in [-0.4, -0.2) is 39.6 Å². The van der Waals surface area contributed by atoms with Crippen LogP contribution in [0.4, 0.5) is 4.79 Å². The van der Waals surface area contributed by atoms with E-state index >= 15 is 0 Å². The molecule has 9 heteroatoms. The first-order valence-electron chi connectivity index (χ1n) is 4.77. The number of carbonyl (C=O) groups is 3. The molecule has 2 amide bonds. The van der Waals surface area contributed by atoms with Crippen molar-refractivity contribution < 1.29 is 53.8 Å². The minimum absolute atomic E-state index is 0. The number of rotatable bonds is 3. The first-order valence-corrected chi connectivity index (χ1v) is 5.64. The van der Waals surface area contributed by atoms with E-state index in [0.717, 1.165) is 11.8 Å². The van der Waals surface area contributed by atoms with Crippen LogP contribution in [0, 0.1) is 0 Å². The summed E-state index contributed by atoms with van der Waals surface area (Å²) >= 11 is 1.01. The van der Waals surface area contributed by atoms with Gasteiger partial charge in [0.25, 0.3) is 0 Å². The predicted molar refractivity (Wildman–Crippen MR) is 55.3 cm³/mol. The van der Waals surface area contributed by atoms with Crippen molar-refractivity contribution in [3.8, 4) is 0 Å². The van der Waals surface area contributed by atoms with Gasteiger partial charge in [-0.25, -0.2) is 4.79 Å². The first-order chi connectivity index (χ1) is 7.94. The van der Waals surface area contributed by atoms with Crippen LogP contribution in [0.1, 0.15) is 6.42 Å². The molecule has 2 aliphatic heterocycles. The molecule has 0 aromatic heterocycles. The molecule has 2 atom stereocenters. The van der Waals surface area contributed by atoms with Crippen molar-refractivity contribution in [1.29, 1.82) is 0 Å². The SMILES string of the molecule is NC(=O)OCC1(C(=O)[O-])C=CN2C(=O)C[C@H]2S1.[Na+]. The Hall–Kier alpha value is -0.700. The normalized spacial score (nSPS) is 28.8. The van der Waals surface area contributed by atoms with Crippen molar-refractivity contribution in [2.45, 2.75) is 16.5 Å². The summed E-state index contributed by atoms with van der Waals surface area (Å²) in [7, 11) is 0. The molecule has 7 nitrogen and oxygen atoms in total. The Morgan fingerprint density at radius 1 is 1.67 bits per heavy atom. The van der Waals surface area contributed by atoms with Crippen LogP contribution in [0.2, 0.25) is 0 Å². The number of thioether (sulfide) groups is 1. The van der Waals surface area contributed by atoms with Crippen LogP contribution >= 0.6 is 11.8 Å². The van der Waals surface area contributed by atoms with E-state index in [-0.39, 0.29) is 47.3 Å². The molecule has 0 aromatic carbocycles. The molecular formula is C9H9N2NaO5S. The number of carbonyl (C=O) groups excluding carboxylic acids is 3. The molecule has 0 radical (unpaired) electrons. The fourth-order valence-electron chi connectivity index (χ4n) is 1.60. The number of nitrogens with zero attached hydrogens (tertiary/aromatic N) is 1. The summed E-state index contributed by atoms with van der Waals surface area (Å²) in [6, 6.07) is 0. The molecule has 18 heavy (non-hydrogen) atoms. The van der Waals surface area contributed by atoms with E-state index in [9.17, 15) is 19.5 Å². The molecule has 2 N–H and O–H groups in total. The summed E-state index contributed by atoms with van der Waals surface area (Å²) < 4.78 is 3.05. The Labute approximate surface area is 129 Å². The van der Waals surface area contributed by atoms with Gasteiger partial charge in [-0.15, -0.1) is 11.8 Å². The number of hydrogen-bond donors (Lipinski definition) is 1. The maximum absolute atomic E-state index is 11.1. The Kier molecular flexibility index (Phi) is 4.71. The molecule has 2 aliphatic rings. The van der Waals surface area contributed by atoms with E-state index in [1.807, 2.05) is 0 Å². The summed E-state index contributed by atoms with van der Waals surface area (Å²) in [5, 5.41) is 10.9. The number of carboxylic acids is 1. The first kappa shape index (κ1) is 15.4. The standard InChI is InChI=1S/C9H10N2O5S.Na/c10-8(15)16-4-9(7(13)14)1-2-11-5(12)3-6(11)17-9;/h1-2,6H,3-4H2,(H2,10,15)(H,13,14);/q;+1/p-1/t6-,9?;/m1./s1. The molecule has 1 saturated heterocycles. The van der Waals surface area contributed by atoms with Gasteiger partial charge in [-0.1, -0.05) is 0 Å². The van der Waals surface area contributed by atoms with Crippen molar-refractivity contribution in [3.63, 3.8) is 0 Å². The minimum atomic E-state index is -1.48. The van der Waals surface area contributed by atoms with E-state index in [0.29, 0.717) is 0 Å². The smallest absolute Gasteiger partial charge is 0.548 e. The molecule has 0 spiro atoms. The molecule has 0 aliphatic carbocycles. The molecule has 92 valence electrons. The van der Waals surface area contributed by atoms with Crippen molar-refractivity contribution in [1.82, 2.24) is 4.90 Å². The van der Waals surface area contributed by atoms with Gasteiger partial charge >= 0.3 is 35.7 Å². The zero-order chi connectivity index (χ0) is 12.6. The van der Waals surface area contributed by atoms with Crippen LogP contribution < -0.4 is 40.4 Å². The second-order valence-electron chi connectivity index (χ2n) is 3.68. The quantitative estimate of drug-likeness (QED) is 0.411. The van der Waals surface area contributed by atoms with Gasteiger partial charge in [-0.2, -0.15) is 0 Å². The second-order valence-corrected chi connectivity index (χ2v) is 5.19. The monoisotopic (exact) mass is 280 g/mol. The Bertz CT molecular complexity index is 429. The minimum Gasteiger partial charge on any atom is -0.548 e. The second kappa shape index (κ2) is 5.52. The molecular weight excluding hydrogens is 271 g/mol. The van der Waals surface area contributed by atoms with Crippen LogP contribution in [0.15, 0.2) is 12.3 Å². The Morgan fingerprint density at radius 3 is 2.78 bits per heavy atom. The Balaban J connectivity index is 0.00000162. The number of hydrogen-bond acceptors (Lipinski definition) is 6. The fourth-order valence-corrected chi connectivity index (χ4v) is 2.97. The van der Waals surface area contributed by atoms with Crippen molar-refractivity contribution in [2.75, 3.05) is 6.61 Å². The van der Waals surface area contributed by atoms with Crippen LogP contribution in [-0.2, 0) is 14.3 Å². The summed E-state index contributed by atoms with van der Waals surface area (Å²) in [6.07, 6.45) is 1.88. The molecule has 0 bridgehead atoms. The van der Waals surface area contributed by atoms with E-state index in [1.165, 1.54) is 17.2 Å². The average molecular weight is 280 g/mol. The number of amides is 2. The number of ether oxygens (including phenoxy) is 1. The van der Waals surface area contributed by atoms with Gasteiger partial charge < -0.3 is 25.3 Å². The van der Waals surface area contributed by atoms with Crippen molar-refractivity contribution in [3.05, 3.63) is 12.3 Å². The summed E-state index contributed by atoms with van der Waals surface area (Å²) in [5.41, 5.74) is 4.79. The molecule has 1 unspecified atom stereocenters. The van der Waals surface area contributed by atoms with Gasteiger partial charge in [-0.05, 0) is 6.08 Å². The fraction of sp³-hybridized carbons (Fsp3) is 0.444. The largest absolute Gasteiger partial charge is 1.00 e. The van der Waals surface area contributed by atoms with Gasteiger partial charge in [0.1, 0.15) is 11.4 Å². The van der Waals surface area contributed by atoms with Crippen molar-refractivity contribution in [2.24, 2.45) is 5.73 Å². The average Bonchev–Trinajstić information content (AvgIpc) is 2.24. The van der Waals surface area contributed by atoms with Gasteiger partial charge in [0.2, 0.25) is 5.91 Å². The van der Waals surface area contributed by atoms with Gasteiger partial charge in [0.05, 0.1) is 17.8 Å². The maximum atomic E-state index is 11.1. The third kappa shape index (κ3) is 2.66. The maximum Gasteiger partial charge on any atom is 1.00 e. The predicted octanol–water partition coefficient (Wildman–Crippen LogP) is -4.61. The number of primary amides is 1. The Morgan fingerprint density at radius 2 is 2.33 bits per heavy atom.